The Morgan fingerprint density at radius 3 is 2.57 bits per heavy atom. The van der Waals surface area contributed by atoms with Gasteiger partial charge in [0.05, 0.1) is 6.26 Å². The monoisotopic (exact) mass is 381 g/mol. The summed E-state index contributed by atoms with van der Waals surface area (Å²) < 4.78 is 10.6. The second-order valence-corrected chi connectivity index (χ2v) is 7.38. The van der Waals surface area contributed by atoms with Crippen molar-refractivity contribution < 1.29 is 13.7 Å². The molecule has 0 aliphatic carbocycles. The summed E-state index contributed by atoms with van der Waals surface area (Å²) in [5, 5.41) is 7.03. The van der Waals surface area contributed by atoms with Crippen molar-refractivity contribution in [2.45, 2.75) is 58.4 Å². The first kappa shape index (κ1) is 19.9. The molecule has 0 fully saturated rings. The third-order valence-corrected chi connectivity index (χ3v) is 4.68. The summed E-state index contributed by atoms with van der Waals surface area (Å²) in [6.45, 7) is 6.31. The van der Waals surface area contributed by atoms with Crippen molar-refractivity contribution >= 4 is 5.91 Å². The van der Waals surface area contributed by atoms with Gasteiger partial charge in [0.25, 0.3) is 0 Å². The molecule has 28 heavy (non-hydrogen) atoms. The predicted octanol–water partition coefficient (Wildman–Crippen LogP) is 4.52. The highest BCUT2D eigenvalue weighted by molar-refractivity contribution is 5.76. The van der Waals surface area contributed by atoms with Crippen molar-refractivity contribution in [3.63, 3.8) is 0 Å². The molecule has 2 aromatic heterocycles. The van der Waals surface area contributed by atoms with Crippen LogP contribution in [0.4, 0.5) is 0 Å². The van der Waals surface area contributed by atoms with Crippen LogP contribution in [0.15, 0.2) is 51.6 Å². The van der Waals surface area contributed by atoms with Crippen LogP contribution in [0.1, 0.15) is 56.7 Å². The minimum Gasteiger partial charge on any atom is -0.469 e. The van der Waals surface area contributed by atoms with Crippen LogP contribution in [0.5, 0.6) is 0 Å². The van der Waals surface area contributed by atoms with Crippen molar-refractivity contribution in [2.75, 3.05) is 0 Å². The van der Waals surface area contributed by atoms with Crippen LogP contribution in [-0.4, -0.2) is 22.1 Å². The number of hydrogen-bond donors (Lipinski definition) is 1. The molecule has 1 atom stereocenters. The van der Waals surface area contributed by atoms with Crippen molar-refractivity contribution in [1.29, 1.82) is 0 Å². The largest absolute Gasteiger partial charge is 0.469 e. The van der Waals surface area contributed by atoms with Crippen LogP contribution in [0, 0.1) is 0 Å². The lowest BCUT2D eigenvalue weighted by Crippen LogP contribution is -2.33. The number of furan rings is 1. The number of aromatic nitrogens is 2. The first-order valence-electron chi connectivity index (χ1n) is 9.76. The molecule has 0 bridgehead atoms. The molecule has 1 amide bonds. The molecule has 1 N–H and O–H groups in total. The molecule has 1 aromatic carbocycles. The fourth-order valence-electron chi connectivity index (χ4n) is 2.94. The van der Waals surface area contributed by atoms with Crippen molar-refractivity contribution in [3.05, 3.63) is 59.9 Å². The van der Waals surface area contributed by atoms with Gasteiger partial charge in [-0.2, -0.15) is 4.98 Å². The third-order valence-electron chi connectivity index (χ3n) is 4.68. The lowest BCUT2D eigenvalue weighted by Gasteiger charge is -2.12. The Morgan fingerprint density at radius 1 is 1.11 bits per heavy atom. The summed E-state index contributed by atoms with van der Waals surface area (Å²) >= 11 is 0. The molecule has 6 nitrogen and oxygen atoms in total. The van der Waals surface area contributed by atoms with Crippen LogP contribution in [0.3, 0.4) is 0 Å². The van der Waals surface area contributed by atoms with Crippen LogP contribution < -0.4 is 5.32 Å². The number of hydrogen-bond acceptors (Lipinski definition) is 5. The molecule has 148 valence electrons. The predicted molar refractivity (Wildman–Crippen MR) is 107 cm³/mol. The van der Waals surface area contributed by atoms with E-state index in [1.54, 1.807) is 6.26 Å². The second-order valence-electron chi connectivity index (χ2n) is 7.38. The lowest BCUT2D eigenvalue weighted by atomic mass is 10.0. The fraction of sp³-hybridized carbons (Fsp3) is 0.409. The van der Waals surface area contributed by atoms with Gasteiger partial charge in [-0.25, -0.2) is 0 Å². The summed E-state index contributed by atoms with van der Waals surface area (Å²) in [7, 11) is 0. The van der Waals surface area contributed by atoms with Gasteiger partial charge in [-0.15, -0.1) is 0 Å². The quantitative estimate of drug-likeness (QED) is 0.589. The van der Waals surface area contributed by atoms with E-state index in [9.17, 15) is 4.79 Å². The number of carbonyl (C=O) groups excluding carboxylic acids is 1. The zero-order valence-corrected chi connectivity index (χ0v) is 16.6. The smallest absolute Gasteiger partial charge is 0.227 e. The number of carbonyl (C=O) groups is 1. The van der Waals surface area contributed by atoms with Crippen LogP contribution in [0.25, 0.3) is 11.4 Å². The minimum absolute atomic E-state index is 0.0204. The van der Waals surface area contributed by atoms with Crippen molar-refractivity contribution in [1.82, 2.24) is 15.5 Å². The van der Waals surface area contributed by atoms with Gasteiger partial charge in [0.2, 0.25) is 17.6 Å². The number of amides is 1. The first-order valence-corrected chi connectivity index (χ1v) is 9.76. The number of benzene rings is 1. The van der Waals surface area contributed by atoms with Gasteiger partial charge in [0, 0.05) is 30.9 Å². The molecule has 1 unspecified atom stereocenters. The number of aryl methyl sites for hydroxylation is 2. The maximum atomic E-state index is 12.1. The van der Waals surface area contributed by atoms with E-state index in [1.165, 1.54) is 5.56 Å². The van der Waals surface area contributed by atoms with E-state index in [0.717, 1.165) is 24.2 Å². The molecule has 0 saturated heterocycles. The summed E-state index contributed by atoms with van der Waals surface area (Å²) in [5.74, 6) is 2.42. The topological polar surface area (TPSA) is 81.2 Å². The highest BCUT2D eigenvalue weighted by atomic mass is 16.5. The second kappa shape index (κ2) is 9.35. The van der Waals surface area contributed by atoms with Gasteiger partial charge in [-0.1, -0.05) is 43.3 Å². The number of rotatable bonds is 9. The molecule has 3 rings (SSSR count). The molecule has 3 aromatic rings. The average Bonchev–Trinajstić information content (AvgIpc) is 3.37. The average molecular weight is 381 g/mol. The molecule has 0 aliphatic heterocycles. The van der Waals surface area contributed by atoms with Gasteiger partial charge in [0.15, 0.2) is 0 Å². The summed E-state index contributed by atoms with van der Waals surface area (Å²) in [4.78, 5) is 16.5. The van der Waals surface area contributed by atoms with E-state index in [1.807, 2.05) is 31.2 Å². The molecule has 0 radical (unpaired) electrons. The maximum absolute atomic E-state index is 12.1. The normalized spacial score (nSPS) is 12.3. The van der Waals surface area contributed by atoms with E-state index in [-0.39, 0.29) is 11.9 Å². The lowest BCUT2D eigenvalue weighted by molar-refractivity contribution is -0.121. The molecule has 0 spiro atoms. The SMILES string of the molecule is CC(CCc1ccco1)NC(=O)CCc1nc(-c2ccc(C(C)C)cc2)no1. The maximum Gasteiger partial charge on any atom is 0.227 e. The van der Waals surface area contributed by atoms with E-state index in [4.69, 9.17) is 8.94 Å². The van der Waals surface area contributed by atoms with E-state index < -0.39 is 0 Å². The summed E-state index contributed by atoms with van der Waals surface area (Å²) in [6, 6.07) is 12.0. The fourth-order valence-corrected chi connectivity index (χ4v) is 2.94. The van der Waals surface area contributed by atoms with Gasteiger partial charge in [0.1, 0.15) is 5.76 Å². The highest BCUT2D eigenvalue weighted by Crippen LogP contribution is 2.20. The Labute approximate surface area is 165 Å². The van der Waals surface area contributed by atoms with E-state index in [2.05, 4.69) is 41.4 Å². The van der Waals surface area contributed by atoms with Gasteiger partial charge < -0.3 is 14.3 Å². The Balaban J connectivity index is 1.45. The van der Waals surface area contributed by atoms with Gasteiger partial charge in [-0.05, 0) is 37.0 Å². The highest BCUT2D eigenvalue weighted by Gasteiger charge is 2.13. The third kappa shape index (κ3) is 5.55. The van der Waals surface area contributed by atoms with E-state index in [0.29, 0.717) is 30.5 Å². The molecule has 0 aliphatic rings. The Kier molecular flexibility index (Phi) is 6.63. The summed E-state index contributed by atoms with van der Waals surface area (Å²) in [5.41, 5.74) is 2.18. The van der Waals surface area contributed by atoms with Gasteiger partial charge in [-0.3, -0.25) is 4.79 Å². The molecular weight excluding hydrogens is 354 g/mol. The molecule has 0 saturated carbocycles. The molecule has 6 heteroatoms. The Morgan fingerprint density at radius 2 is 1.89 bits per heavy atom. The Bertz CT molecular complexity index is 867. The van der Waals surface area contributed by atoms with Crippen LogP contribution >= 0.6 is 0 Å². The Hall–Kier alpha value is -2.89. The minimum atomic E-state index is -0.0204. The first-order chi connectivity index (χ1) is 13.5. The van der Waals surface area contributed by atoms with Crippen LogP contribution in [-0.2, 0) is 17.6 Å². The van der Waals surface area contributed by atoms with Crippen molar-refractivity contribution in [3.8, 4) is 11.4 Å². The van der Waals surface area contributed by atoms with Gasteiger partial charge >= 0.3 is 0 Å². The molecule has 2 heterocycles. The van der Waals surface area contributed by atoms with Crippen molar-refractivity contribution in [2.24, 2.45) is 0 Å². The number of nitrogens with zero attached hydrogens (tertiary/aromatic N) is 2. The van der Waals surface area contributed by atoms with E-state index >= 15 is 0 Å². The summed E-state index contributed by atoms with van der Waals surface area (Å²) in [6.07, 6.45) is 4.04. The molecular formula is C22H27N3O3. The van der Waals surface area contributed by atoms with Crippen LogP contribution in [0.2, 0.25) is 0 Å². The zero-order valence-electron chi connectivity index (χ0n) is 16.6. The number of nitrogens with one attached hydrogen (secondary N) is 1. The standard InChI is InChI=1S/C22H27N3O3/c1-15(2)17-7-9-18(10-8-17)22-24-21(28-25-22)13-12-20(26)23-16(3)6-11-19-5-4-14-27-19/h4-5,7-10,14-16H,6,11-13H2,1-3H3,(H,23,26). The zero-order chi connectivity index (χ0) is 19.9.